The van der Waals surface area contributed by atoms with Crippen LogP contribution in [-0.4, -0.2) is 157 Å². The fourth-order valence-electron chi connectivity index (χ4n) is 10.8. The normalized spacial score (nSPS) is 25.3. The Labute approximate surface area is 343 Å². The summed E-state index contributed by atoms with van der Waals surface area (Å²) >= 11 is 0. The van der Waals surface area contributed by atoms with Crippen LogP contribution < -0.4 is 10.2 Å². The van der Waals surface area contributed by atoms with Gasteiger partial charge in [0.15, 0.2) is 9.84 Å². The van der Waals surface area contributed by atoms with Crippen molar-refractivity contribution in [1.29, 1.82) is 0 Å². The third-order valence-corrected chi connectivity index (χ3v) is 16.2. The van der Waals surface area contributed by atoms with Crippen molar-refractivity contribution < 1.29 is 31.9 Å². The van der Waals surface area contributed by atoms with Gasteiger partial charge in [-0.05, 0) is 106 Å². The van der Waals surface area contributed by atoms with Crippen LogP contribution in [0.25, 0.3) is 0 Å². The Hall–Kier alpha value is -3.56. The van der Waals surface area contributed by atoms with E-state index in [2.05, 4.69) is 37.6 Å². The van der Waals surface area contributed by atoms with E-state index in [1.54, 1.807) is 23.1 Å². The van der Waals surface area contributed by atoms with E-state index in [4.69, 9.17) is 9.47 Å². The van der Waals surface area contributed by atoms with Crippen molar-refractivity contribution >= 4 is 27.5 Å². The second-order valence-corrected chi connectivity index (χ2v) is 19.9. The van der Waals surface area contributed by atoms with E-state index in [9.17, 15) is 18.0 Å². The highest BCUT2D eigenvalue weighted by molar-refractivity contribution is 7.92. The number of amides is 2. The van der Waals surface area contributed by atoms with Crippen LogP contribution in [0.15, 0.2) is 65.6 Å². The Balaban J connectivity index is 0.867. The van der Waals surface area contributed by atoms with Gasteiger partial charge in [-0.3, -0.25) is 9.69 Å². The van der Waals surface area contributed by atoms with Gasteiger partial charge in [0, 0.05) is 87.5 Å². The van der Waals surface area contributed by atoms with E-state index in [-0.39, 0.29) is 42.2 Å². The van der Waals surface area contributed by atoms with Gasteiger partial charge in [0.05, 0.1) is 25.2 Å². The summed E-state index contributed by atoms with van der Waals surface area (Å²) in [6, 6.07) is 14.5. The monoisotopic (exact) mass is 820 g/mol. The molecule has 1 saturated carbocycles. The predicted molar refractivity (Wildman–Crippen MR) is 221 cm³/mol. The molecule has 5 heterocycles. The SMILES string of the molecule is C=C(CN1CCOCC1)C(=O)N1CC(S(=O)(=O)c2cccc(N3CC(CN4CCC([C@@](CN5CCC5)(c5cccc(F)c5)[C@H]5CCC[C@@H]5NC(=O)OC)CC4)C3)c2)C1. The number of ether oxygens (including phenoxy) is 2. The first-order valence-corrected chi connectivity index (χ1v) is 23.0. The lowest BCUT2D eigenvalue weighted by Crippen LogP contribution is -2.60. The molecule has 316 valence electrons. The first kappa shape index (κ1) is 41.2. The molecule has 1 aliphatic carbocycles. The van der Waals surface area contributed by atoms with Crippen molar-refractivity contribution in [3.63, 3.8) is 0 Å². The first-order chi connectivity index (χ1) is 28.0. The van der Waals surface area contributed by atoms with Crippen LogP contribution in [0, 0.1) is 23.6 Å². The number of benzene rings is 2. The zero-order chi connectivity index (χ0) is 40.4. The van der Waals surface area contributed by atoms with Gasteiger partial charge < -0.3 is 34.4 Å². The van der Waals surface area contributed by atoms with Gasteiger partial charge in [0.2, 0.25) is 0 Å². The number of rotatable bonds is 14. The van der Waals surface area contributed by atoms with E-state index < -0.39 is 21.2 Å². The number of hydrogen-bond acceptors (Lipinski definition) is 10. The van der Waals surface area contributed by atoms with Crippen molar-refractivity contribution in [2.45, 2.75) is 60.1 Å². The predicted octanol–water partition coefficient (Wildman–Crippen LogP) is 4.02. The van der Waals surface area contributed by atoms with Gasteiger partial charge in [-0.25, -0.2) is 17.6 Å². The van der Waals surface area contributed by atoms with Crippen LogP contribution in [-0.2, 0) is 29.5 Å². The number of halogens is 1. The highest BCUT2D eigenvalue weighted by atomic mass is 32.2. The maximum absolute atomic E-state index is 15.0. The first-order valence-electron chi connectivity index (χ1n) is 21.4. The van der Waals surface area contributed by atoms with Crippen molar-refractivity contribution in [2.24, 2.45) is 17.8 Å². The number of morpholine rings is 1. The molecule has 6 fully saturated rings. The molecular weight excluding hydrogens is 760 g/mol. The summed E-state index contributed by atoms with van der Waals surface area (Å²) in [5.41, 5.74) is 2.18. The molecule has 12 nitrogen and oxygen atoms in total. The number of alkyl carbamates (subject to hydrolysis) is 1. The fourth-order valence-corrected chi connectivity index (χ4v) is 12.5. The fraction of sp³-hybridized carbons (Fsp3) is 0.636. The molecule has 14 heteroatoms. The number of nitrogens with zero attached hydrogens (tertiary/aromatic N) is 5. The molecule has 2 amide bonds. The van der Waals surface area contributed by atoms with Gasteiger partial charge in [-0.1, -0.05) is 31.2 Å². The third kappa shape index (κ3) is 8.54. The van der Waals surface area contributed by atoms with Crippen LogP contribution in [0.5, 0.6) is 0 Å². The number of piperidine rings is 1. The molecule has 8 rings (SSSR count). The zero-order valence-corrected chi connectivity index (χ0v) is 34.9. The second-order valence-electron chi connectivity index (χ2n) is 17.7. The molecule has 5 saturated heterocycles. The van der Waals surface area contributed by atoms with Crippen LogP contribution in [0.1, 0.15) is 44.1 Å². The molecule has 5 aliphatic heterocycles. The minimum Gasteiger partial charge on any atom is -0.453 e. The molecule has 6 aliphatic rings. The smallest absolute Gasteiger partial charge is 0.407 e. The van der Waals surface area contributed by atoms with Gasteiger partial charge in [0.25, 0.3) is 5.91 Å². The minimum atomic E-state index is -3.60. The molecule has 3 atom stereocenters. The van der Waals surface area contributed by atoms with E-state index >= 15 is 4.39 Å². The van der Waals surface area contributed by atoms with Gasteiger partial charge in [0.1, 0.15) is 11.1 Å². The van der Waals surface area contributed by atoms with Crippen LogP contribution in [0.4, 0.5) is 14.9 Å². The second kappa shape index (κ2) is 17.6. The Morgan fingerprint density at radius 3 is 2.33 bits per heavy atom. The van der Waals surface area contributed by atoms with Crippen LogP contribution in [0.3, 0.4) is 0 Å². The molecule has 2 aromatic rings. The quantitative estimate of drug-likeness (QED) is 0.281. The van der Waals surface area contributed by atoms with E-state index in [1.165, 1.54) is 19.6 Å². The lowest BCUT2D eigenvalue weighted by atomic mass is 9.57. The van der Waals surface area contributed by atoms with Crippen LogP contribution >= 0.6 is 0 Å². The largest absolute Gasteiger partial charge is 0.453 e. The summed E-state index contributed by atoms with van der Waals surface area (Å²) in [4.78, 5) is 36.9. The number of likely N-dealkylation sites (tertiary alicyclic amines) is 3. The molecule has 2 aromatic carbocycles. The zero-order valence-electron chi connectivity index (χ0n) is 34.0. The summed E-state index contributed by atoms with van der Waals surface area (Å²) in [6.45, 7) is 15.3. The number of carbonyl (C=O) groups excluding carboxylic acids is 2. The number of carbonyl (C=O) groups is 2. The van der Waals surface area contributed by atoms with Gasteiger partial charge in [-0.15, -0.1) is 0 Å². The molecule has 0 radical (unpaired) electrons. The standard InChI is InChI=1S/C44H61FN6O6S/c1-32(25-48-19-21-57-22-20-48)42(52)51-29-39(30-51)58(54,55)38-10-4-9-37(24-38)50-27-33(28-50)26-47-17-13-34(14-18-47)44(31-49-15-6-16-49,35-7-3-8-36(45)23-35)40-11-5-12-41(40)46-43(53)56-2/h3-4,7-10,23-24,33-34,39-41H,1,5-6,11-22,25-31H2,2H3,(H,46,53)/t40-,41-,44-/m0/s1. The minimum absolute atomic E-state index is 0.0201. The Morgan fingerprint density at radius 1 is 0.897 bits per heavy atom. The Kier molecular flexibility index (Phi) is 12.5. The Bertz CT molecular complexity index is 1900. The summed E-state index contributed by atoms with van der Waals surface area (Å²) in [5.74, 6) is 0.622. The molecule has 0 unspecified atom stereocenters. The third-order valence-electron chi connectivity index (χ3n) is 14.2. The highest BCUT2D eigenvalue weighted by Gasteiger charge is 2.53. The van der Waals surface area contributed by atoms with Crippen molar-refractivity contribution in [2.75, 3.05) is 110 Å². The average Bonchev–Trinajstić information content (AvgIpc) is 3.64. The summed E-state index contributed by atoms with van der Waals surface area (Å²) in [5, 5.41) is 2.56. The Morgan fingerprint density at radius 2 is 1.64 bits per heavy atom. The van der Waals surface area contributed by atoms with Crippen LogP contribution in [0.2, 0.25) is 0 Å². The van der Waals surface area contributed by atoms with Crippen molar-refractivity contribution in [1.82, 2.24) is 24.9 Å². The van der Waals surface area contributed by atoms with Crippen molar-refractivity contribution in [3.8, 4) is 0 Å². The molecule has 0 spiro atoms. The number of methoxy groups -OCH3 is 1. The average molecular weight is 821 g/mol. The van der Waals surface area contributed by atoms with E-state index in [1.807, 2.05) is 18.2 Å². The summed E-state index contributed by atoms with van der Waals surface area (Å²) in [6.07, 6.45) is 5.71. The molecule has 0 bridgehead atoms. The number of hydrogen-bond donors (Lipinski definition) is 1. The van der Waals surface area contributed by atoms with E-state index in [0.29, 0.717) is 42.1 Å². The summed E-state index contributed by atoms with van der Waals surface area (Å²) in [7, 11) is -2.18. The molecule has 1 N–H and O–H groups in total. The maximum Gasteiger partial charge on any atom is 0.407 e. The molecular formula is C44H61FN6O6S. The maximum atomic E-state index is 15.0. The lowest BCUT2D eigenvalue weighted by molar-refractivity contribution is -0.130. The topological polar surface area (TPSA) is 115 Å². The molecule has 58 heavy (non-hydrogen) atoms. The highest BCUT2D eigenvalue weighted by Crippen LogP contribution is 2.51. The summed E-state index contributed by atoms with van der Waals surface area (Å²) < 4.78 is 52.8. The number of nitrogens with one attached hydrogen (secondary N) is 1. The molecule has 0 aromatic heterocycles. The van der Waals surface area contributed by atoms with E-state index in [0.717, 1.165) is 109 Å². The van der Waals surface area contributed by atoms with Gasteiger partial charge >= 0.3 is 6.09 Å². The number of anilines is 1. The lowest BCUT2D eigenvalue weighted by Gasteiger charge is -2.54. The van der Waals surface area contributed by atoms with Crippen molar-refractivity contribution in [3.05, 3.63) is 72.1 Å². The number of sulfone groups is 1. The van der Waals surface area contributed by atoms with Gasteiger partial charge in [-0.2, -0.15) is 0 Å².